The zero-order valence-electron chi connectivity index (χ0n) is 36.9. The Morgan fingerprint density at radius 2 is 1.11 bits per heavy atom. The topological polar surface area (TPSA) is 218 Å². The van der Waals surface area contributed by atoms with Crippen molar-refractivity contribution >= 4 is 43.7 Å². The van der Waals surface area contributed by atoms with Gasteiger partial charge in [0.15, 0.2) is 28.9 Å². The van der Waals surface area contributed by atoms with Crippen LogP contribution in [-0.4, -0.2) is 93.9 Å². The standard InChI is InChI=1S/C22H24N6O4S.C22H24N6O2S.CH4/c1-12-11-23-22(33(4,29)30)25-19(12)20-15-8-9-16(18-13(2)27-32-14(18)3)24-21(15)28(26-20)17-7-5-6-10-31-17;1-12-11-23-22(31-4)25-19(12)20-15-8-9-16(18-13(2)27-30-14(18)3)24-21(15)28(26-20)17-7-5-6-10-29-17;/h8-9,11,17H,5-7,10H2,1-4H3;8-9,11,17H,5-7,10H2,1-4H3;1H4. The molecule has 65 heavy (non-hydrogen) atoms. The van der Waals surface area contributed by atoms with E-state index in [-0.39, 0.29) is 25.0 Å². The average Bonchev–Trinajstić information content (AvgIpc) is 4.06. The van der Waals surface area contributed by atoms with E-state index >= 15 is 0 Å². The lowest BCUT2D eigenvalue weighted by atomic mass is 10.1. The molecule has 0 bridgehead atoms. The number of aromatic nitrogens is 12. The third kappa shape index (κ3) is 8.79. The van der Waals surface area contributed by atoms with E-state index in [1.54, 1.807) is 4.68 Å². The summed E-state index contributed by atoms with van der Waals surface area (Å²) in [4.78, 5) is 27.4. The third-order valence-corrected chi connectivity index (χ3v) is 12.8. The number of pyridine rings is 2. The molecular weight excluding hydrogens is 869 g/mol. The van der Waals surface area contributed by atoms with Crippen LogP contribution in [0.2, 0.25) is 0 Å². The summed E-state index contributed by atoms with van der Waals surface area (Å²) < 4.78 is 50.7. The molecule has 0 radical (unpaired) electrons. The lowest BCUT2D eigenvalue weighted by Crippen LogP contribution is -2.19. The van der Waals surface area contributed by atoms with Gasteiger partial charge in [-0.1, -0.05) is 29.5 Å². The Morgan fingerprint density at radius 3 is 1.52 bits per heavy atom. The molecule has 2 atom stereocenters. The summed E-state index contributed by atoms with van der Waals surface area (Å²) in [6.45, 7) is 12.8. The first-order valence-electron chi connectivity index (χ1n) is 21.1. The molecule has 20 heteroatoms. The number of rotatable bonds is 8. The maximum atomic E-state index is 12.1. The van der Waals surface area contributed by atoms with E-state index in [1.807, 2.05) is 76.9 Å². The van der Waals surface area contributed by atoms with Gasteiger partial charge in [0.2, 0.25) is 15.0 Å². The van der Waals surface area contributed by atoms with Crippen molar-refractivity contribution in [1.29, 1.82) is 0 Å². The van der Waals surface area contributed by atoms with E-state index in [4.69, 9.17) is 43.7 Å². The van der Waals surface area contributed by atoms with Gasteiger partial charge in [-0.2, -0.15) is 10.2 Å². The first kappa shape index (κ1) is 45.6. The zero-order chi connectivity index (χ0) is 44.9. The van der Waals surface area contributed by atoms with Crippen LogP contribution < -0.4 is 0 Å². The van der Waals surface area contributed by atoms with Crippen LogP contribution in [0.5, 0.6) is 0 Å². The Kier molecular flexibility index (Phi) is 13.0. The number of thioether (sulfide) groups is 1. The average molecular weight is 921 g/mol. The summed E-state index contributed by atoms with van der Waals surface area (Å²) in [6, 6.07) is 7.87. The first-order valence-corrected chi connectivity index (χ1v) is 24.2. The monoisotopic (exact) mass is 920 g/mol. The second-order valence-corrected chi connectivity index (χ2v) is 18.8. The van der Waals surface area contributed by atoms with Crippen LogP contribution in [0, 0.1) is 41.5 Å². The Bertz CT molecular complexity index is 3110. The minimum absolute atomic E-state index is 0. The molecule has 18 nitrogen and oxygen atoms in total. The first-order chi connectivity index (χ1) is 30.8. The normalized spacial score (nSPS) is 16.7. The van der Waals surface area contributed by atoms with Gasteiger partial charge in [0.05, 0.1) is 45.3 Å². The largest absolute Gasteiger partial charge is 0.361 e. The number of sulfone groups is 1. The number of hydrogen-bond donors (Lipinski definition) is 0. The fourth-order valence-electron chi connectivity index (χ4n) is 8.20. The summed E-state index contributed by atoms with van der Waals surface area (Å²) in [5.41, 5.74) is 10.6. The van der Waals surface area contributed by atoms with Crippen molar-refractivity contribution in [3.8, 4) is 45.3 Å². The summed E-state index contributed by atoms with van der Waals surface area (Å²) in [7, 11) is -3.58. The van der Waals surface area contributed by atoms with Gasteiger partial charge in [0, 0.05) is 42.6 Å². The van der Waals surface area contributed by atoms with E-state index in [9.17, 15) is 8.42 Å². The maximum Gasteiger partial charge on any atom is 0.247 e. The van der Waals surface area contributed by atoms with Gasteiger partial charge in [-0.15, -0.1) is 0 Å². The van der Waals surface area contributed by atoms with Gasteiger partial charge in [-0.05, 0) is 122 Å². The van der Waals surface area contributed by atoms with Gasteiger partial charge >= 0.3 is 0 Å². The smallest absolute Gasteiger partial charge is 0.247 e. The molecule has 2 unspecified atom stereocenters. The highest BCUT2D eigenvalue weighted by molar-refractivity contribution is 7.98. The minimum atomic E-state index is -3.58. The minimum Gasteiger partial charge on any atom is -0.361 e. The molecule has 8 aromatic heterocycles. The van der Waals surface area contributed by atoms with Crippen LogP contribution in [0.25, 0.3) is 67.4 Å². The van der Waals surface area contributed by atoms with E-state index < -0.39 is 9.84 Å². The third-order valence-electron chi connectivity index (χ3n) is 11.4. The molecule has 0 N–H and O–H groups in total. The van der Waals surface area contributed by atoms with Gasteiger partial charge in [0.25, 0.3) is 0 Å². The van der Waals surface area contributed by atoms with Crippen molar-refractivity contribution in [3.63, 3.8) is 0 Å². The van der Waals surface area contributed by atoms with E-state index in [2.05, 4.69) is 31.3 Å². The molecule has 2 fully saturated rings. The van der Waals surface area contributed by atoms with Gasteiger partial charge in [0.1, 0.15) is 22.9 Å². The number of fused-ring (bicyclic) bond motifs is 2. The Labute approximate surface area is 380 Å². The van der Waals surface area contributed by atoms with Crippen molar-refractivity contribution < 1.29 is 26.9 Å². The Morgan fingerprint density at radius 1 is 0.631 bits per heavy atom. The molecule has 0 aliphatic carbocycles. The molecule has 2 aliphatic rings. The molecule has 2 aliphatic heterocycles. The van der Waals surface area contributed by atoms with Crippen LogP contribution in [0.1, 0.15) is 92.4 Å². The summed E-state index contributed by atoms with van der Waals surface area (Å²) >= 11 is 1.52. The van der Waals surface area contributed by atoms with Gasteiger partial charge in [-0.3, -0.25) is 0 Å². The summed E-state index contributed by atoms with van der Waals surface area (Å²) in [6.07, 6.45) is 11.9. The molecule has 10 heterocycles. The molecule has 0 amide bonds. The molecule has 0 spiro atoms. The van der Waals surface area contributed by atoms with Gasteiger partial charge < -0.3 is 18.5 Å². The molecule has 340 valence electrons. The lowest BCUT2D eigenvalue weighted by Gasteiger charge is -2.23. The number of aryl methyl sites for hydroxylation is 6. The predicted octanol–water partition coefficient (Wildman–Crippen LogP) is 9.10. The van der Waals surface area contributed by atoms with Crippen molar-refractivity contribution in [2.24, 2.45) is 0 Å². The van der Waals surface area contributed by atoms with Crippen LogP contribution >= 0.6 is 11.8 Å². The number of nitrogens with zero attached hydrogens (tertiary/aromatic N) is 12. The Hall–Kier alpha value is -5.96. The molecule has 0 aromatic carbocycles. The highest BCUT2D eigenvalue weighted by Gasteiger charge is 2.28. The fraction of sp³-hybridized carbons (Fsp3) is 0.422. The zero-order valence-corrected chi connectivity index (χ0v) is 38.5. The second kappa shape index (κ2) is 18.5. The van der Waals surface area contributed by atoms with E-state index in [0.29, 0.717) is 35.0 Å². The van der Waals surface area contributed by atoms with Crippen LogP contribution in [0.15, 0.2) is 56.0 Å². The van der Waals surface area contributed by atoms with Crippen molar-refractivity contribution in [2.45, 2.75) is 110 Å². The molecular formula is C45H52N12O6S2. The molecule has 10 rings (SSSR count). The van der Waals surface area contributed by atoms with E-state index in [1.165, 1.54) is 18.0 Å². The highest BCUT2D eigenvalue weighted by Crippen LogP contribution is 2.37. The van der Waals surface area contributed by atoms with Crippen molar-refractivity contribution in [1.82, 2.24) is 59.8 Å². The highest BCUT2D eigenvalue weighted by atomic mass is 32.2. The maximum absolute atomic E-state index is 12.1. The van der Waals surface area contributed by atoms with Crippen LogP contribution in [-0.2, 0) is 19.3 Å². The second-order valence-electron chi connectivity index (χ2n) is 16.1. The lowest BCUT2D eigenvalue weighted by molar-refractivity contribution is -0.0369. The molecule has 2 saturated heterocycles. The van der Waals surface area contributed by atoms with Crippen LogP contribution in [0.3, 0.4) is 0 Å². The van der Waals surface area contributed by atoms with Crippen LogP contribution in [0.4, 0.5) is 0 Å². The Balaban J connectivity index is 0.000000175. The van der Waals surface area contributed by atoms with Crippen molar-refractivity contribution in [2.75, 3.05) is 25.7 Å². The quantitative estimate of drug-likeness (QED) is 0.102. The predicted molar refractivity (Wildman–Crippen MR) is 246 cm³/mol. The van der Waals surface area contributed by atoms with Gasteiger partial charge in [-0.25, -0.2) is 47.7 Å². The molecule has 8 aromatic rings. The molecule has 0 saturated carbocycles. The SMILES string of the molecule is C.CSc1ncc(C)c(-c2nn(C3CCCCO3)c3nc(-c4c(C)noc4C)ccc23)n1.Cc1cnc(S(C)(=O)=O)nc1-c1nn(C2CCCCO2)c2nc(-c3c(C)noc3C)ccc12. The summed E-state index contributed by atoms with van der Waals surface area (Å²) in [5.74, 6) is 1.44. The van der Waals surface area contributed by atoms with Crippen molar-refractivity contribution in [3.05, 3.63) is 70.7 Å². The van der Waals surface area contributed by atoms with E-state index in [0.717, 1.165) is 130 Å². The number of hydrogen-bond acceptors (Lipinski definition) is 17. The summed E-state index contributed by atoms with van der Waals surface area (Å²) in [5, 5.41) is 20.1. The fourth-order valence-corrected chi connectivity index (χ4v) is 9.04. The number of ether oxygens (including phenoxy) is 2.